The molecule has 31 heavy (non-hydrogen) atoms. The number of thioether (sulfide) groups is 1. The fourth-order valence-corrected chi connectivity index (χ4v) is 4.93. The molecular formula is C21H14ClN5O2S2. The van der Waals surface area contributed by atoms with Crippen molar-refractivity contribution in [2.45, 2.75) is 10.9 Å². The van der Waals surface area contributed by atoms with E-state index in [-0.39, 0.29) is 5.56 Å². The molecule has 2 N–H and O–H groups in total. The van der Waals surface area contributed by atoms with Gasteiger partial charge in [-0.05, 0) is 29.8 Å². The number of hydrogen-bond donors (Lipinski definition) is 1. The van der Waals surface area contributed by atoms with Crippen LogP contribution in [0.4, 0.5) is 0 Å². The topological polar surface area (TPSA) is 99.8 Å². The second-order valence-electron chi connectivity index (χ2n) is 6.56. The van der Waals surface area contributed by atoms with Crippen molar-refractivity contribution >= 4 is 44.9 Å². The van der Waals surface area contributed by atoms with Crippen LogP contribution in [-0.4, -0.2) is 19.9 Å². The molecule has 0 saturated carbocycles. The number of nitrogens with zero attached hydrogens (tertiary/aromatic N) is 4. The van der Waals surface area contributed by atoms with Crippen molar-refractivity contribution in [1.29, 1.82) is 0 Å². The van der Waals surface area contributed by atoms with Gasteiger partial charge in [0.15, 0.2) is 5.16 Å². The van der Waals surface area contributed by atoms with E-state index in [2.05, 4.69) is 15.2 Å². The zero-order chi connectivity index (χ0) is 21.4. The third kappa shape index (κ3) is 3.83. The van der Waals surface area contributed by atoms with E-state index < -0.39 is 0 Å². The number of rotatable bonds is 5. The molecule has 7 nitrogen and oxygen atoms in total. The minimum atomic E-state index is -0.292. The number of aromatic nitrogens is 4. The highest BCUT2D eigenvalue weighted by molar-refractivity contribution is 7.98. The van der Waals surface area contributed by atoms with Gasteiger partial charge in [0.2, 0.25) is 11.8 Å². The summed E-state index contributed by atoms with van der Waals surface area (Å²) >= 11 is 8.59. The molecule has 0 saturated heterocycles. The van der Waals surface area contributed by atoms with Crippen LogP contribution < -0.4 is 11.4 Å². The summed E-state index contributed by atoms with van der Waals surface area (Å²) in [4.78, 5) is 18.2. The second kappa shape index (κ2) is 8.18. The molecule has 0 aliphatic carbocycles. The van der Waals surface area contributed by atoms with Crippen molar-refractivity contribution in [2.24, 2.45) is 0 Å². The molecule has 5 aromatic rings. The van der Waals surface area contributed by atoms with E-state index in [0.29, 0.717) is 37.9 Å². The number of benzene rings is 2. The van der Waals surface area contributed by atoms with Crippen LogP contribution in [-0.2, 0) is 5.75 Å². The summed E-state index contributed by atoms with van der Waals surface area (Å²) in [5.74, 6) is 7.20. The smallest absolute Gasteiger partial charge is 0.282 e. The van der Waals surface area contributed by atoms with Crippen LogP contribution in [0.25, 0.3) is 32.8 Å². The van der Waals surface area contributed by atoms with Gasteiger partial charge >= 0.3 is 0 Å². The molecule has 3 heterocycles. The van der Waals surface area contributed by atoms with Crippen molar-refractivity contribution < 1.29 is 4.42 Å². The van der Waals surface area contributed by atoms with Gasteiger partial charge in [0.25, 0.3) is 5.56 Å². The zero-order valence-corrected chi connectivity index (χ0v) is 18.2. The first-order valence-electron chi connectivity index (χ1n) is 9.16. The number of hydrogen-bond acceptors (Lipinski definition) is 8. The Balaban J connectivity index is 1.41. The van der Waals surface area contributed by atoms with Crippen molar-refractivity contribution in [3.63, 3.8) is 0 Å². The highest BCUT2D eigenvalue weighted by Gasteiger charge is 2.17. The summed E-state index contributed by atoms with van der Waals surface area (Å²) in [6, 6.07) is 16.8. The Morgan fingerprint density at radius 1 is 1.06 bits per heavy atom. The largest absolute Gasteiger partial charge is 0.420 e. The summed E-state index contributed by atoms with van der Waals surface area (Å²) in [6.45, 7) is 0. The van der Waals surface area contributed by atoms with Crippen LogP contribution in [0, 0.1) is 0 Å². The number of fused-ring (bicyclic) bond motifs is 1. The van der Waals surface area contributed by atoms with Gasteiger partial charge in [0.05, 0.1) is 11.1 Å². The van der Waals surface area contributed by atoms with Gasteiger partial charge in [-0.3, -0.25) is 4.79 Å². The number of halogens is 1. The van der Waals surface area contributed by atoms with E-state index in [1.165, 1.54) is 23.1 Å². The van der Waals surface area contributed by atoms with Crippen LogP contribution >= 0.6 is 34.7 Å². The minimum absolute atomic E-state index is 0.292. The first kappa shape index (κ1) is 19.8. The minimum Gasteiger partial charge on any atom is -0.420 e. The fourth-order valence-electron chi connectivity index (χ4n) is 3.06. The monoisotopic (exact) mass is 467 g/mol. The zero-order valence-electron chi connectivity index (χ0n) is 15.9. The Bertz CT molecular complexity index is 1430. The summed E-state index contributed by atoms with van der Waals surface area (Å²) in [5, 5.41) is 11.6. The maximum absolute atomic E-state index is 13.0. The second-order valence-corrected chi connectivity index (χ2v) is 8.80. The van der Waals surface area contributed by atoms with Crippen LogP contribution in [0.15, 0.2) is 74.3 Å². The predicted molar refractivity (Wildman–Crippen MR) is 124 cm³/mol. The standard InChI is InChI=1S/C21H14ClN5O2S2/c22-14-8-6-13(7-9-14)18-26-25-16(29-18)11-31-21-24-19-17(20(28)27(21)23)15(10-30-19)12-4-2-1-3-5-12/h1-10H,11,23H2. The van der Waals surface area contributed by atoms with Crippen molar-refractivity contribution in [3.8, 4) is 22.6 Å². The third-order valence-corrected chi connectivity index (χ3v) is 6.64. The summed E-state index contributed by atoms with van der Waals surface area (Å²) < 4.78 is 6.78. The molecule has 0 spiro atoms. The Hall–Kier alpha value is -3.14. The highest BCUT2D eigenvalue weighted by atomic mass is 35.5. The quantitative estimate of drug-likeness (QED) is 0.224. The SMILES string of the molecule is Nn1c(SCc2nnc(-c3ccc(Cl)cc3)o2)nc2scc(-c3ccccc3)c2c1=O. The molecule has 0 fully saturated rings. The van der Waals surface area contributed by atoms with Gasteiger partial charge < -0.3 is 10.3 Å². The first-order chi connectivity index (χ1) is 15.1. The molecule has 0 radical (unpaired) electrons. The lowest BCUT2D eigenvalue weighted by Gasteiger charge is -2.06. The number of nitrogen functional groups attached to an aromatic ring is 1. The first-order valence-corrected chi connectivity index (χ1v) is 11.4. The maximum Gasteiger partial charge on any atom is 0.282 e. The van der Waals surface area contributed by atoms with Gasteiger partial charge in [-0.25, -0.2) is 9.66 Å². The van der Waals surface area contributed by atoms with Crippen molar-refractivity contribution in [1.82, 2.24) is 19.9 Å². The molecule has 10 heteroatoms. The van der Waals surface area contributed by atoms with Gasteiger partial charge in [-0.1, -0.05) is 53.7 Å². The lowest BCUT2D eigenvalue weighted by molar-refractivity contribution is 0.528. The lowest BCUT2D eigenvalue weighted by atomic mass is 10.1. The molecule has 0 bridgehead atoms. The van der Waals surface area contributed by atoms with Crippen molar-refractivity contribution in [3.05, 3.63) is 81.2 Å². The van der Waals surface area contributed by atoms with E-state index in [1.807, 2.05) is 35.7 Å². The number of thiophene rings is 1. The van der Waals surface area contributed by atoms with Crippen LogP contribution in [0.5, 0.6) is 0 Å². The lowest BCUT2D eigenvalue weighted by Crippen LogP contribution is -2.29. The van der Waals surface area contributed by atoms with E-state index >= 15 is 0 Å². The number of nitrogens with two attached hydrogens (primary N) is 1. The maximum atomic E-state index is 13.0. The summed E-state index contributed by atoms with van der Waals surface area (Å²) in [5.41, 5.74) is 2.27. The van der Waals surface area contributed by atoms with Gasteiger partial charge in [0, 0.05) is 21.5 Å². The Kier molecular flexibility index (Phi) is 5.23. The molecule has 0 unspecified atom stereocenters. The van der Waals surface area contributed by atoms with Gasteiger partial charge in [0.1, 0.15) is 4.83 Å². The third-order valence-electron chi connectivity index (χ3n) is 4.58. The molecule has 3 aromatic heterocycles. The van der Waals surface area contributed by atoms with Gasteiger partial charge in [-0.2, -0.15) is 0 Å². The summed E-state index contributed by atoms with van der Waals surface area (Å²) in [7, 11) is 0. The van der Waals surface area contributed by atoms with E-state index in [9.17, 15) is 4.79 Å². The molecule has 0 amide bonds. The normalized spacial score (nSPS) is 11.3. The molecule has 0 aliphatic rings. The molecule has 5 rings (SSSR count). The van der Waals surface area contributed by atoms with E-state index in [4.69, 9.17) is 21.9 Å². The van der Waals surface area contributed by atoms with Crippen molar-refractivity contribution in [2.75, 3.05) is 5.84 Å². The van der Waals surface area contributed by atoms with E-state index in [0.717, 1.165) is 21.4 Å². The highest BCUT2D eigenvalue weighted by Crippen LogP contribution is 2.32. The molecule has 0 atom stereocenters. The Labute approximate surface area is 189 Å². The predicted octanol–water partition coefficient (Wildman–Crippen LogP) is 4.83. The molecule has 0 aliphatic heterocycles. The summed E-state index contributed by atoms with van der Waals surface area (Å²) in [6.07, 6.45) is 0. The van der Waals surface area contributed by atoms with Crippen LogP contribution in [0.2, 0.25) is 5.02 Å². The average Bonchev–Trinajstić information content (AvgIpc) is 3.44. The van der Waals surface area contributed by atoms with E-state index in [1.54, 1.807) is 24.3 Å². The Morgan fingerprint density at radius 3 is 2.61 bits per heavy atom. The van der Waals surface area contributed by atoms with Crippen LogP contribution in [0.1, 0.15) is 5.89 Å². The average molecular weight is 468 g/mol. The fraction of sp³-hybridized carbons (Fsp3) is 0.0476. The molecule has 2 aromatic carbocycles. The Morgan fingerprint density at radius 2 is 1.84 bits per heavy atom. The molecular weight excluding hydrogens is 454 g/mol. The molecule has 154 valence electrons. The van der Waals surface area contributed by atoms with Crippen LogP contribution in [0.3, 0.4) is 0 Å². The van der Waals surface area contributed by atoms with Gasteiger partial charge in [-0.15, -0.1) is 21.5 Å².